The quantitative estimate of drug-likeness (QED) is 0.585. The molecule has 1 aromatic carbocycles. The van der Waals surface area contributed by atoms with E-state index < -0.39 is 0 Å². The van der Waals surface area contributed by atoms with Crippen molar-refractivity contribution in [2.45, 2.75) is 44.3 Å². The molecule has 2 aromatic rings. The number of carbonyl (C=O) groups excluding carboxylic acids is 2. The molecular formula is C24H31N3O6. The van der Waals surface area contributed by atoms with Gasteiger partial charge in [0.1, 0.15) is 5.75 Å². The fourth-order valence-electron chi connectivity index (χ4n) is 4.10. The van der Waals surface area contributed by atoms with E-state index in [4.69, 9.17) is 18.7 Å². The van der Waals surface area contributed by atoms with Gasteiger partial charge in [0, 0.05) is 50.9 Å². The van der Waals surface area contributed by atoms with Gasteiger partial charge in [0.2, 0.25) is 5.91 Å². The van der Waals surface area contributed by atoms with Crippen molar-refractivity contribution in [2.24, 2.45) is 0 Å². The molecule has 4 rings (SSSR count). The second kappa shape index (κ2) is 11.3. The molecule has 2 aliphatic heterocycles. The molecule has 0 saturated carbocycles. The van der Waals surface area contributed by atoms with Gasteiger partial charge in [-0.2, -0.15) is 0 Å². The normalized spacial score (nSPS) is 20.0. The van der Waals surface area contributed by atoms with Crippen LogP contribution in [-0.4, -0.2) is 74.0 Å². The maximum Gasteiger partial charge on any atom is 0.276 e. The van der Waals surface area contributed by atoms with Crippen LogP contribution in [0, 0.1) is 0 Å². The number of aromatic nitrogens is 1. The van der Waals surface area contributed by atoms with Crippen molar-refractivity contribution in [3.63, 3.8) is 0 Å². The van der Waals surface area contributed by atoms with Crippen LogP contribution in [0.4, 0.5) is 0 Å². The summed E-state index contributed by atoms with van der Waals surface area (Å²) in [5.41, 5.74) is 1.00. The van der Waals surface area contributed by atoms with Gasteiger partial charge in [-0.05, 0) is 49.9 Å². The zero-order valence-corrected chi connectivity index (χ0v) is 19.0. The molecule has 0 aliphatic carbocycles. The predicted molar refractivity (Wildman–Crippen MR) is 120 cm³/mol. The summed E-state index contributed by atoms with van der Waals surface area (Å²) in [6.45, 7) is 2.65. The fraction of sp³-hybridized carbons (Fsp3) is 0.542. The number of rotatable bonds is 10. The van der Waals surface area contributed by atoms with E-state index in [1.54, 1.807) is 18.1 Å². The molecule has 2 fully saturated rings. The highest BCUT2D eigenvalue weighted by Gasteiger charge is 2.26. The predicted octanol–water partition coefficient (Wildman–Crippen LogP) is 2.66. The van der Waals surface area contributed by atoms with Crippen molar-refractivity contribution < 1.29 is 28.3 Å². The van der Waals surface area contributed by atoms with Crippen molar-refractivity contribution in [3.05, 3.63) is 36.0 Å². The molecule has 0 bridgehead atoms. The van der Waals surface area contributed by atoms with Crippen molar-refractivity contribution in [1.29, 1.82) is 0 Å². The second-order valence-electron chi connectivity index (χ2n) is 8.38. The number of nitrogens with zero attached hydrogens (tertiary/aromatic N) is 2. The minimum Gasteiger partial charge on any atom is -0.497 e. The summed E-state index contributed by atoms with van der Waals surface area (Å²) in [4.78, 5) is 27.2. The van der Waals surface area contributed by atoms with Crippen LogP contribution < -0.4 is 10.1 Å². The SMILES string of the molecule is COc1ccc(-c2cc(C(=O)N(CCC(=O)NCC3CCCO3)CC3CCCO3)no2)cc1. The minimum atomic E-state index is -0.277. The van der Waals surface area contributed by atoms with Gasteiger partial charge in [0.25, 0.3) is 5.91 Å². The van der Waals surface area contributed by atoms with Crippen molar-refractivity contribution >= 4 is 11.8 Å². The molecule has 1 N–H and O–H groups in total. The highest BCUT2D eigenvalue weighted by molar-refractivity contribution is 5.93. The molecule has 0 radical (unpaired) electrons. The highest BCUT2D eigenvalue weighted by Crippen LogP contribution is 2.24. The van der Waals surface area contributed by atoms with Crippen LogP contribution in [0.2, 0.25) is 0 Å². The Morgan fingerprint density at radius 1 is 1.12 bits per heavy atom. The lowest BCUT2D eigenvalue weighted by molar-refractivity contribution is -0.121. The molecule has 2 amide bonds. The Morgan fingerprint density at radius 3 is 2.52 bits per heavy atom. The van der Waals surface area contributed by atoms with E-state index in [0.717, 1.165) is 43.6 Å². The molecular weight excluding hydrogens is 426 g/mol. The number of nitrogens with one attached hydrogen (secondary N) is 1. The maximum absolute atomic E-state index is 13.2. The molecule has 0 spiro atoms. The first-order valence-corrected chi connectivity index (χ1v) is 11.5. The lowest BCUT2D eigenvalue weighted by Gasteiger charge is -2.24. The van der Waals surface area contributed by atoms with Crippen LogP contribution in [0.25, 0.3) is 11.3 Å². The van der Waals surface area contributed by atoms with Gasteiger partial charge in [0.15, 0.2) is 11.5 Å². The van der Waals surface area contributed by atoms with Crippen LogP contribution in [-0.2, 0) is 14.3 Å². The molecule has 9 nitrogen and oxygen atoms in total. The average molecular weight is 458 g/mol. The monoisotopic (exact) mass is 457 g/mol. The molecule has 9 heteroatoms. The standard InChI is InChI=1S/C24H31N3O6/c1-30-18-8-6-17(7-9-18)22-14-21(26-33-22)24(29)27(16-20-5-3-13-32-20)11-10-23(28)25-15-19-4-2-12-31-19/h6-9,14,19-20H,2-5,10-13,15-16H2,1H3,(H,25,28). The summed E-state index contributed by atoms with van der Waals surface area (Å²) >= 11 is 0. The zero-order chi connectivity index (χ0) is 23.0. The Hall–Kier alpha value is -2.91. The largest absolute Gasteiger partial charge is 0.497 e. The number of benzene rings is 1. The zero-order valence-electron chi connectivity index (χ0n) is 19.0. The van der Waals surface area contributed by atoms with E-state index in [0.29, 0.717) is 25.5 Å². The number of amides is 2. The summed E-state index contributed by atoms with van der Waals surface area (Å²) in [7, 11) is 1.60. The van der Waals surface area contributed by atoms with Gasteiger partial charge in [-0.1, -0.05) is 5.16 Å². The van der Waals surface area contributed by atoms with Crippen LogP contribution in [0.3, 0.4) is 0 Å². The Morgan fingerprint density at radius 2 is 1.85 bits per heavy atom. The molecule has 33 heavy (non-hydrogen) atoms. The van der Waals surface area contributed by atoms with Gasteiger partial charge in [0.05, 0.1) is 19.3 Å². The van der Waals surface area contributed by atoms with Crippen LogP contribution in [0.5, 0.6) is 5.75 Å². The topological polar surface area (TPSA) is 103 Å². The molecule has 2 aliphatic rings. The molecule has 2 unspecified atom stereocenters. The van der Waals surface area contributed by atoms with Gasteiger partial charge in [-0.3, -0.25) is 9.59 Å². The van der Waals surface area contributed by atoms with E-state index in [-0.39, 0.29) is 42.7 Å². The number of hydrogen-bond acceptors (Lipinski definition) is 7. The number of hydrogen-bond donors (Lipinski definition) is 1. The van der Waals surface area contributed by atoms with E-state index in [1.165, 1.54) is 0 Å². The summed E-state index contributed by atoms with van der Waals surface area (Å²) in [6.07, 6.45) is 4.12. The maximum atomic E-state index is 13.2. The van der Waals surface area contributed by atoms with E-state index >= 15 is 0 Å². The third kappa shape index (κ3) is 6.33. The van der Waals surface area contributed by atoms with Gasteiger partial charge in [-0.25, -0.2) is 0 Å². The number of ether oxygens (including phenoxy) is 3. The lowest BCUT2D eigenvalue weighted by Crippen LogP contribution is -2.40. The van der Waals surface area contributed by atoms with E-state index in [1.807, 2.05) is 24.3 Å². The molecule has 2 atom stereocenters. The summed E-state index contributed by atoms with van der Waals surface area (Å²) in [6, 6.07) is 8.95. The molecule has 1 aromatic heterocycles. The third-order valence-electron chi connectivity index (χ3n) is 6.00. The Kier molecular flexibility index (Phi) is 7.96. The summed E-state index contributed by atoms with van der Waals surface area (Å²) in [5, 5.41) is 6.90. The first-order valence-electron chi connectivity index (χ1n) is 11.5. The smallest absolute Gasteiger partial charge is 0.276 e. The summed E-state index contributed by atoms with van der Waals surface area (Å²) < 4.78 is 21.9. The van der Waals surface area contributed by atoms with Crippen LogP contribution in [0.15, 0.2) is 34.9 Å². The first-order chi connectivity index (χ1) is 16.1. The van der Waals surface area contributed by atoms with Crippen LogP contribution in [0.1, 0.15) is 42.6 Å². The van der Waals surface area contributed by atoms with Gasteiger partial charge < -0.3 is 29.0 Å². The second-order valence-corrected chi connectivity index (χ2v) is 8.38. The Bertz CT molecular complexity index is 917. The van der Waals surface area contributed by atoms with Gasteiger partial charge in [-0.15, -0.1) is 0 Å². The molecule has 178 valence electrons. The lowest BCUT2D eigenvalue weighted by atomic mass is 10.1. The fourth-order valence-corrected chi connectivity index (χ4v) is 4.10. The minimum absolute atomic E-state index is 0.0307. The molecule has 2 saturated heterocycles. The number of carbonyl (C=O) groups is 2. The van der Waals surface area contributed by atoms with Crippen LogP contribution >= 0.6 is 0 Å². The van der Waals surface area contributed by atoms with Crippen molar-refractivity contribution in [2.75, 3.05) is 40.0 Å². The van der Waals surface area contributed by atoms with E-state index in [9.17, 15) is 9.59 Å². The average Bonchev–Trinajstić information content (AvgIpc) is 3.63. The van der Waals surface area contributed by atoms with Gasteiger partial charge >= 0.3 is 0 Å². The van der Waals surface area contributed by atoms with Crippen molar-refractivity contribution in [3.8, 4) is 17.1 Å². The third-order valence-corrected chi connectivity index (χ3v) is 6.00. The Balaban J connectivity index is 1.38. The van der Waals surface area contributed by atoms with Crippen molar-refractivity contribution in [1.82, 2.24) is 15.4 Å². The number of methoxy groups -OCH3 is 1. The molecule has 3 heterocycles. The summed E-state index contributed by atoms with van der Waals surface area (Å²) in [5.74, 6) is 0.845. The first kappa shape index (κ1) is 23.3. The van der Waals surface area contributed by atoms with E-state index in [2.05, 4.69) is 10.5 Å². The highest BCUT2D eigenvalue weighted by atomic mass is 16.5. The Labute approximate surface area is 193 Å².